The van der Waals surface area contributed by atoms with Crippen LogP contribution >= 0.6 is 11.3 Å². The second-order valence-corrected chi connectivity index (χ2v) is 8.64. The Morgan fingerprint density at radius 3 is 2.03 bits per heavy atom. The number of nitrogens with zero attached hydrogens (tertiary/aromatic N) is 2. The summed E-state index contributed by atoms with van der Waals surface area (Å²) in [6.45, 7) is 0.549. The van der Waals surface area contributed by atoms with Crippen molar-refractivity contribution in [2.24, 2.45) is 5.10 Å². The van der Waals surface area contributed by atoms with Crippen LogP contribution in [0.4, 0.5) is 5.13 Å². The fourth-order valence-electron chi connectivity index (χ4n) is 3.50. The number of ether oxygens (including phenoxy) is 1. The van der Waals surface area contributed by atoms with E-state index in [1.54, 1.807) is 17.6 Å². The summed E-state index contributed by atoms with van der Waals surface area (Å²) in [5.74, 6) is 0.828. The summed E-state index contributed by atoms with van der Waals surface area (Å²) >= 11 is 1.59. The van der Waals surface area contributed by atoms with E-state index >= 15 is 0 Å². The van der Waals surface area contributed by atoms with Crippen molar-refractivity contribution >= 4 is 22.7 Å². The van der Waals surface area contributed by atoms with E-state index in [9.17, 15) is 0 Å². The van der Waals surface area contributed by atoms with Crippen molar-refractivity contribution < 1.29 is 4.74 Å². The summed E-state index contributed by atoms with van der Waals surface area (Å²) < 4.78 is 5.85. The molecular weight excluding hydrogens is 438 g/mol. The molecule has 0 amide bonds. The molecule has 0 fully saturated rings. The summed E-state index contributed by atoms with van der Waals surface area (Å²) in [5, 5.41) is 5.16. The molecule has 0 aliphatic heterocycles. The van der Waals surface area contributed by atoms with E-state index in [0.717, 1.165) is 43.7 Å². The zero-order valence-corrected chi connectivity index (χ0v) is 19.3. The number of hydrogen-bond acceptors (Lipinski definition) is 5. The van der Waals surface area contributed by atoms with E-state index in [0.29, 0.717) is 6.61 Å². The van der Waals surface area contributed by atoms with Crippen molar-refractivity contribution in [1.29, 1.82) is 0 Å². The average Bonchev–Trinajstić information content (AvgIpc) is 3.34. The number of nitrogens with one attached hydrogen (secondary N) is 1. The van der Waals surface area contributed by atoms with Crippen LogP contribution in [-0.2, 0) is 6.61 Å². The number of aromatic nitrogens is 1. The first kappa shape index (κ1) is 21.6. The third-order valence-corrected chi connectivity index (χ3v) is 6.22. The van der Waals surface area contributed by atoms with Crippen molar-refractivity contribution in [2.45, 2.75) is 6.61 Å². The van der Waals surface area contributed by atoms with Gasteiger partial charge in [-0.2, -0.15) is 5.10 Å². The first-order chi connectivity index (χ1) is 16.8. The molecule has 0 atom stereocenters. The SMILES string of the molecule is C(=NNc1nc(-c2ccccc2)c(-c2ccccc2)s1)c1ccc(OCc2ccccc2)cc1. The van der Waals surface area contributed by atoms with Gasteiger partial charge in [0.1, 0.15) is 12.4 Å². The predicted molar refractivity (Wildman–Crippen MR) is 141 cm³/mol. The second kappa shape index (κ2) is 10.6. The van der Waals surface area contributed by atoms with E-state index < -0.39 is 0 Å². The fraction of sp³-hybridized carbons (Fsp3) is 0.0345. The molecule has 1 aromatic heterocycles. The number of benzene rings is 4. The largest absolute Gasteiger partial charge is 0.489 e. The Bertz CT molecular complexity index is 1290. The van der Waals surface area contributed by atoms with Gasteiger partial charge in [0.15, 0.2) is 0 Å². The van der Waals surface area contributed by atoms with Crippen LogP contribution in [0.2, 0.25) is 0 Å². The van der Waals surface area contributed by atoms with Gasteiger partial charge >= 0.3 is 0 Å². The lowest BCUT2D eigenvalue weighted by Crippen LogP contribution is -1.95. The maximum Gasteiger partial charge on any atom is 0.204 e. The highest BCUT2D eigenvalue weighted by atomic mass is 32.1. The van der Waals surface area contributed by atoms with Gasteiger partial charge in [-0.15, -0.1) is 0 Å². The molecule has 1 N–H and O–H groups in total. The smallest absolute Gasteiger partial charge is 0.204 e. The fourth-order valence-corrected chi connectivity index (χ4v) is 4.44. The first-order valence-corrected chi connectivity index (χ1v) is 11.8. The summed E-state index contributed by atoms with van der Waals surface area (Å²) in [5.41, 5.74) is 8.40. The molecule has 4 nitrogen and oxygen atoms in total. The van der Waals surface area contributed by atoms with Crippen molar-refractivity contribution in [1.82, 2.24) is 4.98 Å². The molecule has 5 heteroatoms. The Hall–Kier alpha value is -4.22. The molecule has 0 aliphatic carbocycles. The molecule has 0 saturated carbocycles. The molecule has 0 unspecified atom stereocenters. The van der Waals surface area contributed by atoms with Gasteiger partial charge in [0, 0.05) is 5.56 Å². The Labute approximate surface area is 203 Å². The van der Waals surface area contributed by atoms with Crippen LogP contribution in [0.3, 0.4) is 0 Å². The number of hydrogen-bond donors (Lipinski definition) is 1. The van der Waals surface area contributed by atoms with Gasteiger partial charge in [0.25, 0.3) is 0 Å². The highest BCUT2D eigenvalue weighted by molar-refractivity contribution is 7.19. The van der Waals surface area contributed by atoms with E-state index in [-0.39, 0.29) is 0 Å². The maximum atomic E-state index is 5.85. The molecule has 0 aliphatic rings. The second-order valence-electron chi connectivity index (χ2n) is 7.64. The summed E-state index contributed by atoms with van der Waals surface area (Å²) in [6.07, 6.45) is 1.78. The van der Waals surface area contributed by atoms with Crippen LogP contribution in [0.15, 0.2) is 120 Å². The van der Waals surface area contributed by atoms with E-state index in [4.69, 9.17) is 9.72 Å². The molecule has 5 aromatic rings. The average molecular weight is 462 g/mol. The number of hydrazone groups is 1. The topological polar surface area (TPSA) is 46.5 Å². The predicted octanol–water partition coefficient (Wildman–Crippen LogP) is 7.50. The Morgan fingerprint density at radius 1 is 0.735 bits per heavy atom. The third-order valence-electron chi connectivity index (χ3n) is 5.21. The van der Waals surface area contributed by atoms with Crippen LogP contribution in [0.5, 0.6) is 5.75 Å². The van der Waals surface area contributed by atoms with Crippen molar-refractivity contribution in [3.05, 3.63) is 126 Å². The van der Waals surface area contributed by atoms with Gasteiger partial charge in [0.2, 0.25) is 5.13 Å². The highest BCUT2D eigenvalue weighted by Gasteiger charge is 2.14. The summed E-state index contributed by atoms with van der Waals surface area (Å²) in [4.78, 5) is 5.94. The van der Waals surface area contributed by atoms with E-state index in [1.807, 2.05) is 78.9 Å². The van der Waals surface area contributed by atoms with Crippen LogP contribution in [-0.4, -0.2) is 11.2 Å². The zero-order chi connectivity index (χ0) is 23.0. The molecule has 0 spiro atoms. The van der Waals surface area contributed by atoms with Gasteiger partial charge in [-0.3, -0.25) is 5.43 Å². The minimum absolute atomic E-state index is 0.549. The Balaban J connectivity index is 1.27. The van der Waals surface area contributed by atoms with Crippen LogP contribution in [0, 0.1) is 0 Å². The van der Waals surface area contributed by atoms with Crippen LogP contribution in [0.1, 0.15) is 11.1 Å². The van der Waals surface area contributed by atoms with Crippen molar-refractivity contribution in [3.63, 3.8) is 0 Å². The van der Waals surface area contributed by atoms with Gasteiger partial charge in [-0.25, -0.2) is 4.98 Å². The quantitative estimate of drug-likeness (QED) is 0.192. The summed E-state index contributed by atoms with van der Waals surface area (Å²) in [7, 11) is 0. The minimum atomic E-state index is 0.549. The lowest BCUT2D eigenvalue weighted by atomic mass is 10.1. The normalized spacial score (nSPS) is 10.9. The molecule has 0 radical (unpaired) electrons. The maximum absolute atomic E-state index is 5.85. The van der Waals surface area contributed by atoms with Crippen LogP contribution in [0.25, 0.3) is 21.7 Å². The Kier molecular flexibility index (Phi) is 6.74. The van der Waals surface area contributed by atoms with E-state index in [2.05, 4.69) is 46.9 Å². The lowest BCUT2D eigenvalue weighted by molar-refractivity contribution is 0.306. The van der Waals surface area contributed by atoms with Gasteiger partial charge in [-0.05, 0) is 41.0 Å². The minimum Gasteiger partial charge on any atom is -0.489 e. The summed E-state index contributed by atoms with van der Waals surface area (Å²) in [6, 6.07) is 38.6. The number of thiazole rings is 1. The molecule has 166 valence electrons. The Morgan fingerprint density at radius 2 is 1.35 bits per heavy atom. The van der Waals surface area contributed by atoms with Gasteiger partial charge < -0.3 is 4.74 Å². The van der Waals surface area contributed by atoms with Gasteiger partial charge in [-0.1, -0.05) is 102 Å². The number of rotatable bonds is 8. The molecule has 5 rings (SSSR count). The molecule has 0 saturated heterocycles. The van der Waals surface area contributed by atoms with Crippen molar-refractivity contribution in [3.8, 4) is 27.4 Å². The standard InChI is InChI=1S/C29H23N3OS/c1-4-10-23(11-5-1)21-33-26-18-16-22(17-19-26)20-30-32-29-31-27(24-12-6-2-7-13-24)28(34-29)25-14-8-3-9-15-25/h1-20H,21H2,(H,31,32). The van der Waals surface area contributed by atoms with E-state index in [1.165, 1.54) is 0 Å². The molecule has 4 aromatic carbocycles. The highest BCUT2D eigenvalue weighted by Crippen LogP contribution is 2.38. The molecule has 34 heavy (non-hydrogen) atoms. The third kappa shape index (κ3) is 5.39. The van der Waals surface area contributed by atoms with Gasteiger partial charge in [0.05, 0.1) is 16.8 Å². The zero-order valence-electron chi connectivity index (χ0n) is 18.5. The van der Waals surface area contributed by atoms with Crippen LogP contribution < -0.4 is 10.2 Å². The lowest BCUT2D eigenvalue weighted by Gasteiger charge is -2.06. The monoisotopic (exact) mass is 461 g/mol. The van der Waals surface area contributed by atoms with Crippen molar-refractivity contribution in [2.75, 3.05) is 5.43 Å². The molecule has 0 bridgehead atoms. The number of anilines is 1. The molecule has 1 heterocycles. The molecular formula is C29H23N3OS. The first-order valence-electron chi connectivity index (χ1n) is 11.0.